The highest BCUT2D eigenvalue weighted by Crippen LogP contribution is 2.45. The second-order valence-corrected chi connectivity index (χ2v) is 11.0. The van der Waals surface area contributed by atoms with Crippen LogP contribution in [-0.4, -0.2) is 39.0 Å². The van der Waals surface area contributed by atoms with Crippen LogP contribution < -0.4 is 4.90 Å². The number of nitrogens with one attached hydrogen (secondary N) is 1. The van der Waals surface area contributed by atoms with Gasteiger partial charge in [0.2, 0.25) is 0 Å². The minimum atomic E-state index is -2.04. The van der Waals surface area contributed by atoms with Crippen LogP contribution in [0.1, 0.15) is 46.0 Å². The van der Waals surface area contributed by atoms with Crippen LogP contribution in [0.2, 0.25) is 0 Å². The largest absolute Gasteiger partial charge is 0.332 e. The van der Waals surface area contributed by atoms with Crippen molar-refractivity contribution in [1.82, 2.24) is 0 Å². The molecule has 0 aliphatic carbocycles. The predicted molar refractivity (Wildman–Crippen MR) is 88.0 cm³/mol. The van der Waals surface area contributed by atoms with E-state index < -0.39 is 6.49 Å². The summed E-state index contributed by atoms with van der Waals surface area (Å²) in [5.41, 5.74) is 0. The smallest absolute Gasteiger partial charge is 0.185 e. The predicted octanol–water partition coefficient (Wildman–Crippen LogP) is 2.46. The molecule has 2 aliphatic heterocycles. The molecule has 118 valence electrons. The molecule has 0 saturated carbocycles. The third kappa shape index (κ3) is 5.06. The highest BCUT2D eigenvalue weighted by Gasteiger charge is 2.37. The summed E-state index contributed by atoms with van der Waals surface area (Å²) in [6.45, 7) is 8.53. The molecule has 0 spiro atoms. The summed E-state index contributed by atoms with van der Waals surface area (Å²) in [5.74, 6) is 1.22. The summed E-state index contributed by atoms with van der Waals surface area (Å²) >= 11 is 5.54. The minimum absolute atomic E-state index is 0.522. The lowest BCUT2D eigenvalue weighted by molar-refractivity contribution is -0.940. The van der Waals surface area contributed by atoms with Gasteiger partial charge in [-0.2, -0.15) is 0 Å². The van der Waals surface area contributed by atoms with Crippen LogP contribution in [0.3, 0.4) is 0 Å². The molecule has 2 fully saturated rings. The first-order chi connectivity index (χ1) is 9.48. The molecule has 0 aromatic carbocycles. The van der Waals surface area contributed by atoms with E-state index in [1.807, 2.05) is 11.6 Å². The topological polar surface area (TPSA) is 22.9 Å². The second kappa shape index (κ2) is 7.69. The first kappa shape index (κ1) is 16.9. The number of hydrogen-bond donors (Lipinski definition) is 1. The summed E-state index contributed by atoms with van der Waals surface area (Å²) in [4.78, 5) is 1.82. The summed E-state index contributed by atoms with van der Waals surface area (Å²) < 4.78 is 11.9. The highest BCUT2D eigenvalue weighted by atomic mass is 32.5. The fourth-order valence-electron chi connectivity index (χ4n) is 3.53. The molecule has 20 heavy (non-hydrogen) atoms. The Balaban J connectivity index is 1.81. The second-order valence-electron chi connectivity index (χ2n) is 6.92. The van der Waals surface area contributed by atoms with Crippen LogP contribution >= 0.6 is 6.49 Å². The van der Waals surface area contributed by atoms with Gasteiger partial charge < -0.3 is 13.9 Å². The summed E-state index contributed by atoms with van der Waals surface area (Å²) in [5, 5.41) is 0. The third-order valence-electron chi connectivity index (χ3n) is 4.59. The van der Waals surface area contributed by atoms with Crippen LogP contribution in [0, 0.1) is 11.8 Å². The SMILES string of the molecule is CC(C)CO[P@@](C)(=S)OC[C@@H]1CCC[NH+]2CCCC[C@H]12. The van der Waals surface area contributed by atoms with Crippen molar-refractivity contribution in [2.75, 3.05) is 33.0 Å². The molecule has 0 amide bonds. The minimum Gasteiger partial charge on any atom is -0.332 e. The average molecular weight is 320 g/mol. The Kier molecular flexibility index (Phi) is 6.50. The highest BCUT2D eigenvalue weighted by molar-refractivity contribution is 8.09. The first-order valence-corrected chi connectivity index (χ1v) is 11.3. The van der Waals surface area contributed by atoms with E-state index in [9.17, 15) is 0 Å². The van der Waals surface area contributed by atoms with E-state index in [2.05, 4.69) is 13.8 Å². The summed E-state index contributed by atoms with van der Waals surface area (Å²) in [6, 6.07) is 0.817. The Bertz CT molecular complexity index is 349. The van der Waals surface area contributed by atoms with Crippen molar-refractivity contribution in [2.45, 2.75) is 52.0 Å². The maximum atomic E-state index is 6.06. The van der Waals surface area contributed by atoms with Gasteiger partial charge in [0, 0.05) is 12.6 Å². The van der Waals surface area contributed by atoms with Crippen molar-refractivity contribution >= 4 is 18.3 Å². The fourth-order valence-corrected chi connectivity index (χ4v) is 5.00. The van der Waals surface area contributed by atoms with Crippen molar-refractivity contribution in [3.63, 3.8) is 0 Å². The van der Waals surface area contributed by atoms with Gasteiger partial charge in [-0.25, -0.2) is 0 Å². The number of piperidine rings is 2. The monoisotopic (exact) mass is 320 g/mol. The molecule has 0 aromatic rings. The normalized spacial score (nSPS) is 33.7. The fraction of sp³-hybridized carbons (Fsp3) is 1.00. The summed E-state index contributed by atoms with van der Waals surface area (Å²) in [6.07, 6.45) is 6.84. The zero-order chi connectivity index (χ0) is 14.6. The molecule has 2 saturated heterocycles. The molecular weight excluding hydrogens is 289 g/mol. The standard InChI is InChI=1S/C15H30NO2PS/c1-13(2)11-17-19(3,20)18-12-14-7-6-10-16-9-5-4-8-15(14)16/h13-15H,4-12H2,1-3H3/p+1/t14-,15+,19+/m0/s1. The van der Waals surface area contributed by atoms with Crippen molar-refractivity contribution in [3.05, 3.63) is 0 Å². The van der Waals surface area contributed by atoms with E-state index in [4.69, 9.17) is 20.9 Å². The number of fused-ring (bicyclic) bond motifs is 1. The lowest BCUT2D eigenvalue weighted by Crippen LogP contribution is -3.18. The van der Waals surface area contributed by atoms with Gasteiger partial charge in [-0.3, -0.25) is 0 Å². The van der Waals surface area contributed by atoms with Gasteiger partial charge in [-0.15, -0.1) is 0 Å². The lowest BCUT2D eigenvalue weighted by Gasteiger charge is -2.41. The Morgan fingerprint density at radius 1 is 1.15 bits per heavy atom. The van der Waals surface area contributed by atoms with Gasteiger partial charge in [-0.05, 0) is 49.8 Å². The molecule has 3 nitrogen and oxygen atoms in total. The van der Waals surface area contributed by atoms with Gasteiger partial charge in [-0.1, -0.05) is 13.8 Å². The van der Waals surface area contributed by atoms with Crippen molar-refractivity contribution in [3.8, 4) is 0 Å². The molecule has 2 heterocycles. The lowest BCUT2D eigenvalue weighted by atomic mass is 9.84. The van der Waals surface area contributed by atoms with E-state index in [1.165, 1.54) is 45.2 Å². The Morgan fingerprint density at radius 3 is 2.65 bits per heavy atom. The molecule has 1 unspecified atom stereocenters. The molecular formula is C15H31NO2PS+. The molecule has 5 heteroatoms. The maximum Gasteiger partial charge on any atom is 0.185 e. The number of hydrogen-bond acceptors (Lipinski definition) is 3. The molecule has 1 N–H and O–H groups in total. The van der Waals surface area contributed by atoms with Crippen LogP contribution in [0.25, 0.3) is 0 Å². The molecule has 2 aliphatic rings. The van der Waals surface area contributed by atoms with Crippen molar-refractivity contribution < 1.29 is 13.9 Å². The molecule has 0 aromatic heterocycles. The quantitative estimate of drug-likeness (QED) is 0.760. The van der Waals surface area contributed by atoms with E-state index in [-0.39, 0.29) is 0 Å². The third-order valence-corrected chi connectivity index (χ3v) is 6.46. The van der Waals surface area contributed by atoms with Gasteiger partial charge in [0.1, 0.15) is 0 Å². The number of quaternary nitrogens is 1. The van der Waals surface area contributed by atoms with Crippen LogP contribution in [0.15, 0.2) is 0 Å². The van der Waals surface area contributed by atoms with E-state index in [0.29, 0.717) is 11.8 Å². The zero-order valence-electron chi connectivity index (χ0n) is 13.3. The van der Waals surface area contributed by atoms with Crippen LogP contribution in [-0.2, 0) is 20.9 Å². The van der Waals surface area contributed by atoms with Crippen molar-refractivity contribution in [1.29, 1.82) is 0 Å². The Morgan fingerprint density at radius 2 is 1.90 bits per heavy atom. The van der Waals surface area contributed by atoms with Crippen LogP contribution in [0.4, 0.5) is 0 Å². The molecule has 4 atom stereocenters. The van der Waals surface area contributed by atoms with E-state index in [1.54, 1.807) is 0 Å². The maximum absolute atomic E-state index is 6.06. The summed E-state index contributed by atoms with van der Waals surface area (Å²) in [7, 11) is 0. The van der Waals surface area contributed by atoms with Crippen molar-refractivity contribution in [2.24, 2.45) is 11.8 Å². The molecule has 0 bridgehead atoms. The van der Waals surface area contributed by atoms with Gasteiger partial charge in [0.25, 0.3) is 0 Å². The molecule has 2 rings (SSSR count). The van der Waals surface area contributed by atoms with E-state index >= 15 is 0 Å². The van der Waals surface area contributed by atoms with Gasteiger partial charge in [0.05, 0.1) is 32.3 Å². The zero-order valence-corrected chi connectivity index (χ0v) is 15.0. The Hall–Kier alpha value is 0.530. The number of rotatable bonds is 6. The van der Waals surface area contributed by atoms with E-state index in [0.717, 1.165) is 19.3 Å². The average Bonchev–Trinajstić information content (AvgIpc) is 2.43. The van der Waals surface area contributed by atoms with Crippen LogP contribution in [0.5, 0.6) is 0 Å². The molecule has 0 radical (unpaired) electrons. The van der Waals surface area contributed by atoms with Gasteiger partial charge >= 0.3 is 0 Å². The Labute approximate surface area is 129 Å². The first-order valence-electron chi connectivity index (χ1n) is 8.19. The van der Waals surface area contributed by atoms with Gasteiger partial charge in [0.15, 0.2) is 6.49 Å².